The number of nitrogens with two attached hydrogens (primary N) is 1. The van der Waals surface area contributed by atoms with Gasteiger partial charge in [-0.2, -0.15) is 4.31 Å². The van der Waals surface area contributed by atoms with Crippen LogP contribution in [0.15, 0.2) is 24.3 Å². The fourth-order valence-electron chi connectivity index (χ4n) is 1.85. The van der Waals surface area contributed by atoms with Gasteiger partial charge in [0, 0.05) is 19.1 Å². The second-order valence-corrected chi connectivity index (χ2v) is 6.55. The molecule has 0 atom stereocenters. The molecule has 0 radical (unpaired) electrons. The molecule has 0 bridgehead atoms. The molecule has 2 N–H and O–H groups in total. The van der Waals surface area contributed by atoms with Crippen LogP contribution in [-0.4, -0.2) is 31.1 Å². The number of benzene rings is 1. The Morgan fingerprint density at radius 3 is 2.39 bits per heavy atom. The third kappa shape index (κ3) is 3.28. The Kier molecular flexibility index (Phi) is 3.99. The van der Waals surface area contributed by atoms with Crippen LogP contribution in [0, 0.1) is 5.82 Å². The maximum Gasteiger partial charge on any atom is 0.215 e. The van der Waals surface area contributed by atoms with Gasteiger partial charge in [0.1, 0.15) is 5.82 Å². The molecule has 0 spiro atoms. The van der Waals surface area contributed by atoms with Gasteiger partial charge in [-0.1, -0.05) is 12.1 Å². The average molecular weight is 272 g/mol. The van der Waals surface area contributed by atoms with E-state index in [1.807, 2.05) is 0 Å². The molecule has 18 heavy (non-hydrogen) atoms. The Balaban J connectivity index is 2.14. The zero-order chi connectivity index (χ0) is 13.2. The lowest BCUT2D eigenvalue weighted by molar-refractivity contribution is 0.398. The molecule has 1 aromatic carbocycles. The minimum atomic E-state index is -3.30. The van der Waals surface area contributed by atoms with E-state index >= 15 is 0 Å². The molecule has 0 unspecified atom stereocenters. The highest BCUT2D eigenvalue weighted by atomic mass is 32.2. The van der Waals surface area contributed by atoms with Crippen molar-refractivity contribution < 1.29 is 12.8 Å². The van der Waals surface area contributed by atoms with Crippen molar-refractivity contribution in [3.63, 3.8) is 0 Å². The second-order valence-electron chi connectivity index (χ2n) is 4.51. The number of rotatable bonds is 6. The van der Waals surface area contributed by atoms with Crippen LogP contribution < -0.4 is 5.73 Å². The van der Waals surface area contributed by atoms with Crippen LogP contribution in [0.1, 0.15) is 18.4 Å². The highest BCUT2D eigenvalue weighted by Crippen LogP contribution is 2.30. The van der Waals surface area contributed by atoms with Crippen LogP contribution in [0.4, 0.5) is 4.39 Å². The molecule has 0 aliphatic heterocycles. The van der Waals surface area contributed by atoms with Gasteiger partial charge in [-0.3, -0.25) is 0 Å². The fraction of sp³-hybridized carbons (Fsp3) is 0.500. The molecule has 1 fully saturated rings. The van der Waals surface area contributed by atoms with Crippen molar-refractivity contribution in [3.05, 3.63) is 35.6 Å². The van der Waals surface area contributed by atoms with Crippen molar-refractivity contribution in [1.29, 1.82) is 0 Å². The van der Waals surface area contributed by atoms with Gasteiger partial charge >= 0.3 is 0 Å². The van der Waals surface area contributed by atoms with Crippen molar-refractivity contribution >= 4 is 10.0 Å². The van der Waals surface area contributed by atoms with Gasteiger partial charge in [0.25, 0.3) is 0 Å². The van der Waals surface area contributed by atoms with E-state index in [0.29, 0.717) is 6.54 Å². The SMILES string of the molecule is NCCS(=O)(=O)N(Cc1ccc(F)cc1)C1CC1. The molecule has 4 nitrogen and oxygen atoms in total. The standard InChI is InChI=1S/C12H17FN2O2S/c13-11-3-1-10(2-4-11)9-15(12-5-6-12)18(16,17)8-7-14/h1-4,12H,5-9,14H2. The first-order valence-electron chi connectivity index (χ1n) is 5.97. The summed E-state index contributed by atoms with van der Waals surface area (Å²) in [6, 6.07) is 6.00. The Labute approximate surface area is 107 Å². The van der Waals surface area contributed by atoms with Crippen molar-refractivity contribution in [1.82, 2.24) is 4.31 Å². The summed E-state index contributed by atoms with van der Waals surface area (Å²) in [4.78, 5) is 0. The molecule has 1 aliphatic carbocycles. The lowest BCUT2D eigenvalue weighted by Gasteiger charge is -2.21. The summed E-state index contributed by atoms with van der Waals surface area (Å²) in [6.07, 6.45) is 1.79. The summed E-state index contributed by atoms with van der Waals surface area (Å²) in [5.41, 5.74) is 6.13. The molecule has 1 saturated carbocycles. The third-order valence-electron chi connectivity index (χ3n) is 2.94. The van der Waals surface area contributed by atoms with E-state index < -0.39 is 10.0 Å². The van der Waals surface area contributed by atoms with Gasteiger partial charge in [0.05, 0.1) is 5.75 Å². The van der Waals surface area contributed by atoms with Crippen molar-refractivity contribution in [2.24, 2.45) is 5.73 Å². The van der Waals surface area contributed by atoms with Crippen LogP contribution in [-0.2, 0) is 16.6 Å². The zero-order valence-electron chi connectivity index (χ0n) is 10.0. The predicted molar refractivity (Wildman–Crippen MR) is 67.8 cm³/mol. The van der Waals surface area contributed by atoms with Crippen LogP contribution in [0.3, 0.4) is 0 Å². The average Bonchev–Trinajstić information content (AvgIpc) is 3.12. The summed E-state index contributed by atoms with van der Waals surface area (Å²) in [7, 11) is -3.30. The van der Waals surface area contributed by atoms with Crippen molar-refractivity contribution in [2.45, 2.75) is 25.4 Å². The first-order chi connectivity index (χ1) is 8.53. The molecule has 0 heterocycles. The fourth-order valence-corrected chi connectivity index (χ4v) is 3.40. The number of halogens is 1. The Bertz CT molecular complexity index is 497. The van der Waals surface area contributed by atoms with Crippen molar-refractivity contribution in [2.75, 3.05) is 12.3 Å². The molecule has 1 aromatic rings. The molecule has 6 heteroatoms. The van der Waals surface area contributed by atoms with E-state index in [0.717, 1.165) is 18.4 Å². The minimum absolute atomic E-state index is 0.0370. The topological polar surface area (TPSA) is 63.4 Å². The summed E-state index contributed by atoms with van der Waals surface area (Å²) in [5, 5.41) is 0. The Morgan fingerprint density at radius 1 is 1.28 bits per heavy atom. The number of nitrogens with zero attached hydrogens (tertiary/aromatic N) is 1. The number of sulfonamides is 1. The van der Waals surface area contributed by atoms with E-state index in [9.17, 15) is 12.8 Å². The predicted octanol–water partition coefficient (Wildman–Crippen LogP) is 1.08. The van der Waals surface area contributed by atoms with Crippen LogP contribution >= 0.6 is 0 Å². The third-order valence-corrected chi connectivity index (χ3v) is 4.83. The monoisotopic (exact) mass is 272 g/mol. The van der Waals surface area contributed by atoms with Gasteiger partial charge in [-0.05, 0) is 30.5 Å². The van der Waals surface area contributed by atoms with E-state index in [-0.39, 0.29) is 24.2 Å². The number of hydrogen-bond donors (Lipinski definition) is 1. The minimum Gasteiger partial charge on any atom is -0.329 e. The Morgan fingerprint density at radius 2 is 1.89 bits per heavy atom. The van der Waals surface area contributed by atoms with Gasteiger partial charge in [0.15, 0.2) is 0 Å². The highest BCUT2D eigenvalue weighted by Gasteiger charge is 2.36. The summed E-state index contributed by atoms with van der Waals surface area (Å²) in [5.74, 6) is -0.355. The lowest BCUT2D eigenvalue weighted by Crippen LogP contribution is -2.36. The quantitative estimate of drug-likeness (QED) is 0.843. The van der Waals surface area contributed by atoms with Gasteiger partial charge < -0.3 is 5.73 Å². The van der Waals surface area contributed by atoms with Crippen LogP contribution in [0.25, 0.3) is 0 Å². The first-order valence-corrected chi connectivity index (χ1v) is 7.58. The first kappa shape index (κ1) is 13.5. The lowest BCUT2D eigenvalue weighted by atomic mass is 10.2. The van der Waals surface area contributed by atoms with Crippen molar-refractivity contribution in [3.8, 4) is 0 Å². The maximum atomic E-state index is 12.8. The molecule has 0 aromatic heterocycles. The highest BCUT2D eigenvalue weighted by molar-refractivity contribution is 7.89. The smallest absolute Gasteiger partial charge is 0.215 e. The maximum absolute atomic E-state index is 12.8. The molecule has 1 aliphatic rings. The van der Waals surface area contributed by atoms with Crippen LogP contribution in [0.2, 0.25) is 0 Å². The van der Waals surface area contributed by atoms with Gasteiger partial charge in [0.2, 0.25) is 10.0 Å². The molecule has 0 amide bonds. The van der Waals surface area contributed by atoms with Gasteiger partial charge in [-0.15, -0.1) is 0 Å². The largest absolute Gasteiger partial charge is 0.329 e. The van der Waals surface area contributed by atoms with E-state index in [1.54, 1.807) is 12.1 Å². The van der Waals surface area contributed by atoms with E-state index in [4.69, 9.17) is 5.73 Å². The molecular weight excluding hydrogens is 255 g/mol. The summed E-state index contributed by atoms with van der Waals surface area (Å²) < 4.78 is 38.4. The van der Waals surface area contributed by atoms with E-state index in [2.05, 4.69) is 0 Å². The molecular formula is C12H17FN2O2S. The second kappa shape index (κ2) is 5.34. The summed E-state index contributed by atoms with van der Waals surface area (Å²) in [6.45, 7) is 0.419. The van der Waals surface area contributed by atoms with Gasteiger partial charge in [-0.25, -0.2) is 12.8 Å². The molecule has 0 saturated heterocycles. The van der Waals surface area contributed by atoms with E-state index in [1.165, 1.54) is 16.4 Å². The zero-order valence-corrected chi connectivity index (χ0v) is 10.9. The Hall–Kier alpha value is -0.980. The summed E-state index contributed by atoms with van der Waals surface area (Å²) >= 11 is 0. The molecule has 2 rings (SSSR count). The van der Waals surface area contributed by atoms with Crippen LogP contribution in [0.5, 0.6) is 0 Å². The number of hydrogen-bond acceptors (Lipinski definition) is 3. The normalized spacial score (nSPS) is 16.2. The molecule has 100 valence electrons.